The number of carbonyl (C=O) groups excluding carboxylic acids is 9. The number of aromatic hydroxyl groups is 1. The number of phenolic OH excluding ortho intramolecular Hbond substituents is 1. The summed E-state index contributed by atoms with van der Waals surface area (Å²) in [5.74, 6) is -8.14. The van der Waals surface area contributed by atoms with Crippen molar-refractivity contribution in [1.82, 2.24) is 37.2 Å². The first-order valence-corrected chi connectivity index (χ1v) is 23.1. The van der Waals surface area contributed by atoms with Crippen molar-refractivity contribution in [2.45, 2.75) is 147 Å². The molecule has 382 valence electrons. The van der Waals surface area contributed by atoms with Gasteiger partial charge in [0.25, 0.3) is 0 Å². The molecule has 0 saturated carbocycles. The van der Waals surface area contributed by atoms with E-state index < -0.39 is 119 Å². The highest BCUT2D eigenvalue weighted by Crippen LogP contribution is 2.14. The molecular weight excluding hydrogens is 895 g/mol. The van der Waals surface area contributed by atoms with E-state index in [4.69, 9.17) is 22.9 Å². The average Bonchev–Trinajstić information content (AvgIpc) is 3.29. The topological polar surface area (TPSA) is 382 Å². The number of carbonyl (C=O) groups is 9. The normalized spacial score (nSPS) is 15.5. The third-order valence-corrected chi connectivity index (χ3v) is 11.4. The number of primary amides is 2. The zero-order valence-corrected chi connectivity index (χ0v) is 40.3. The summed E-state index contributed by atoms with van der Waals surface area (Å²) in [4.78, 5) is 119. The molecule has 22 heteroatoms. The maximum absolute atomic E-state index is 14.2. The predicted octanol–water partition coefficient (Wildman–Crippen LogP) is -2.12. The molecule has 0 aliphatic rings. The van der Waals surface area contributed by atoms with Gasteiger partial charge in [-0.15, -0.1) is 0 Å². The molecule has 0 saturated heterocycles. The maximum Gasteiger partial charge on any atom is 0.245 e. The van der Waals surface area contributed by atoms with Gasteiger partial charge in [0.05, 0.1) is 12.1 Å². The molecule has 9 amide bonds. The first-order chi connectivity index (χ1) is 32.5. The van der Waals surface area contributed by atoms with Gasteiger partial charge in [-0.1, -0.05) is 76.6 Å². The Balaban J connectivity index is 2.31. The smallest absolute Gasteiger partial charge is 0.245 e. The standard InChI is InChI=1S/C47H73N11O11/c1-7-26(4)38(46(68)53-33(40(51)62)20-21-36(50)61)57-41(63)27(5)52-45(67)37(25(2)3)56-44(66)35(24-29-13-9-8-10-14-29)55-43(65)34(15-11-12-22-48)54-47(69)39(28(6)59)58-42(64)32(49)23-30-16-18-31(60)19-17-30/h8-10,13-14,16-19,25-28,32-35,37-39,59-60H,7,11-12,15,20-24,48-49H2,1-6H3,(H2,50,61)(H2,51,62)(H,52,67)(H,53,68)(H,54,69)(H,55,65)(H,56,66)(H,57,63)(H,58,64)/t26-,27-,28+,32-,33-,34-,35-,37-,38-,39-/m0/s1. The van der Waals surface area contributed by atoms with Gasteiger partial charge in [0.15, 0.2) is 0 Å². The Hall–Kier alpha value is -6.65. The molecule has 2 rings (SSSR count). The van der Waals surface area contributed by atoms with Gasteiger partial charge >= 0.3 is 0 Å². The highest BCUT2D eigenvalue weighted by Gasteiger charge is 2.36. The minimum Gasteiger partial charge on any atom is -0.508 e. The molecule has 0 heterocycles. The quantitative estimate of drug-likeness (QED) is 0.0373. The molecule has 2 aromatic carbocycles. The summed E-state index contributed by atoms with van der Waals surface area (Å²) in [5.41, 5.74) is 23.7. The van der Waals surface area contributed by atoms with Crippen molar-refractivity contribution < 1.29 is 53.4 Å². The summed E-state index contributed by atoms with van der Waals surface area (Å²) < 4.78 is 0. The molecule has 0 aliphatic carbocycles. The lowest BCUT2D eigenvalue weighted by Crippen LogP contribution is -2.62. The van der Waals surface area contributed by atoms with E-state index >= 15 is 0 Å². The average molecular weight is 968 g/mol. The van der Waals surface area contributed by atoms with Gasteiger partial charge in [-0.25, -0.2) is 0 Å². The van der Waals surface area contributed by atoms with Crippen molar-refractivity contribution >= 4 is 53.2 Å². The van der Waals surface area contributed by atoms with Crippen LogP contribution >= 0.6 is 0 Å². The fourth-order valence-electron chi connectivity index (χ4n) is 6.97. The second kappa shape index (κ2) is 29.3. The van der Waals surface area contributed by atoms with Crippen LogP contribution in [0.5, 0.6) is 5.75 Å². The Kier molecular flexibility index (Phi) is 24.8. The van der Waals surface area contributed by atoms with Crippen molar-refractivity contribution in [3.05, 3.63) is 65.7 Å². The lowest BCUT2D eigenvalue weighted by molar-refractivity contribution is -0.136. The Bertz CT molecular complexity index is 2040. The maximum atomic E-state index is 14.2. The third-order valence-electron chi connectivity index (χ3n) is 11.4. The lowest BCUT2D eigenvalue weighted by atomic mass is 9.97. The van der Waals surface area contributed by atoms with Crippen molar-refractivity contribution in [3.8, 4) is 5.75 Å². The van der Waals surface area contributed by atoms with Crippen LogP contribution in [0.2, 0.25) is 0 Å². The molecular formula is C47H73N11O11. The van der Waals surface area contributed by atoms with Crippen LogP contribution in [0.3, 0.4) is 0 Å². The van der Waals surface area contributed by atoms with Gasteiger partial charge in [-0.05, 0) is 87.6 Å². The van der Waals surface area contributed by atoms with Crippen LogP contribution in [0.15, 0.2) is 54.6 Å². The first-order valence-electron chi connectivity index (χ1n) is 23.1. The molecule has 69 heavy (non-hydrogen) atoms. The minimum atomic E-state index is -1.54. The van der Waals surface area contributed by atoms with Gasteiger partial charge < -0.3 is 70.4 Å². The molecule has 0 unspecified atom stereocenters. The highest BCUT2D eigenvalue weighted by molar-refractivity contribution is 5.98. The fraction of sp³-hybridized carbons (Fsp3) is 0.553. The van der Waals surface area contributed by atoms with Crippen molar-refractivity contribution in [1.29, 1.82) is 0 Å². The summed E-state index contributed by atoms with van der Waals surface area (Å²) in [6.45, 7) is 9.68. The number of benzene rings is 2. The van der Waals surface area contributed by atoms with Gasteiger partial charge in [-0.2, -0.15) is 0 Å². The molecule has 0 bridgehead atoms. The molecule has 0 spiro atoms. The number of rotatable bonds is 30. The number of nitrogens with one attached hydrogen (secondary N) is 7. The number of hydrogen-bond donors (Lipinski definition) is 13. The van der Waals surface area contributed by atoms with Crippen LogP contribution in [0.25, 0.3) is 0 Å². The molecule has 17 N–H and O–H groups in total. The summed E-state index contributed by atoms with van der Waals surface area (Å²) in [6, 6.07) is 4.47. The van der Waals surface area contributed by atoms with E-state index in [1.165, 1.54) is 26.0 Å². The zero-order chi connectivity index (χ0) is 52.0. The van der Waals surface area contributed by atoms with Crippen molar-refractivity contribution in [2.24, 2.45) is 34.8 Å². The Morgan fingerprint density at radius 1 is 0.565 bits per heavy atom. The van der Waals surface area contributed by atoms with E-state index in [1.54, 1.807) is 70.2 Å². The van der Waals surface area contributed by atoms with Gasteiger partial charge in [-0.3, -0.25) is 43.2 Å². The summed E-state index contributed by atoms with van der Waals surface area (Å²) in [7, 11) is 0. The molecule has 2 aromatic rings. The van der Waals surface area contributed by atoms with Crippen LogP contribution in [-0.4, -0.2) is 124 Å². The Morgan fingerprint density at radius 3 is 1.64 bits per heavy atom. The summed E-state index contributed by atoms with van der Waals surface area (Å²) in [5, 5.41) is 38.3. The SMILES string of the molecule is CC[C@H](C)[C@H](NC(=O)[C@H](C)NC(=O)[C@@H](NC(=O)[C@H](Cc1ccccc1)NC(=O)[C@H](CCCCN)NC(=O)[C@@H](NC(=O)[C@@H](N)Cc1ccc(O)cc1)[C@@H](C)O)C(C)C)C(=O)N[C@@H](CCC(N)=O)C(N)=O. The minimum absolute atomic E-state index is 0.0229. The monoisotopic (exact) mass is 968 g/mol. The zero-order valence-electron chi connectivity index (χ0n) is 40.3. The van der Waals surface area contributed by atoms with E-state index in [0.29, 0.717) is 30.4 Å². The number of phenols is 1. The predicted molar refractivity (Wildman–Crippen MR) is 256 cm³/mol. The molecule has 0 aliphatic heterocycles. The fourth-order valence-corrected chi connectivity index (χ4v) is 6.97. The summed E-state index contributed by atoms with van der Waals surface area (Å²) in [6.07, 6.45) is -0.525. The van der Waals surface area contributed by atoms with Gasteiger partial charge in [0.2, 0.25) is 53.2 Å². The van der Waals surface area contributed by atoms with Crippen LogP contribution in [0.1, 0.15) is 91.2 Å². The van der Waals surface area contributed by atoms with Gasteiger partial charge in [0, 0.05) is 12.8 Å². The number of amides is 9. The first kappa shape index (κ1) is 58.5. The van der Waals surface area contributed by atoms with E-state index in [2.05, 4.69) is 37.2 Å². The molecule has 0 fully saturated rings. The van der Waals surface area contributed by atoms with Crippen molar-refractivity contribution in [2.75, 3.05) is 6.54 Å². The molecule has 0 radical (unpaired) electrons. The number of nitrogens with two attached hydrogens (primary N) is 4. The van der Waals surface area contributed by atoms with E-state index in [0.717, 1.165) is 0 Å². The second-order valence-electron chi connectivity index (χ2n) is 17.6. The van der Waals surface area contributed by atoms with Gasteiger partial charge in [0.1, 0.15) is 48.0 Å². The van der Waals surface area contributed by atoms with Crippen LogP contribution in [0, 0.1) is 11.8 Å². The van der Waals surface area contributed by atoms with Crippen LogP contribution < -0.4 is 60.2 Å². The number of hydrogen-bond acceptors (Lipinski definition) is 13. The Morgan fingerprint density at radius 2 is 1.09 bits per heavy atom. The molecule has 0 aromatic heterocycles. The molecule has 22 nitrogen and oxygen atoms in total. The van der Waals surface area contributed by atoms with Crippen LogP contribution in [0.4, 0.5) is 0 Å². The van der Waals surface area contributed by atoms with Crippen LogP contribution in [-0.2, 0) is 56.0 Å². The van der Waals surface area contributed by atoms with E-state index in [1.807, 2.05) is 0 Å². The number of aliphatic hydroxyl groups is 1. The summed E-state index contributed by atoms with van der Waals surface area (Å²) >= 11 is 0. The second-order valence-corrected chi connectivity index (χ2v) is 17.6. The highest BCUT2D eigenvalue weighted by atomic mass is 16.3. The largest absolute Gasteiger partial charge is 0.508 e. The number of aliphatic hydroxyl groups excluding tert-OH is 1. The Labute approximate surface area is 403 Å². The van der Waals surface area contributed by atoms with Crippen molar-refractivity contribution in [3.63, 3.8) is 0 Å². The van der Waals surface area contributed by atoms with E-state index in [-0.39, 0.29) is 44.4 Å². The number of unbranched alkanes of at least 4 members (excludes halogenated alkanes) is 1. The lowest BCUT2D eigenvalue weighted by Gasteiger charge is -2.29. The van der Waals surface area contributed by atoms with E-state index in [9.17, 15) is 53.4 Å². The molecule has 10 atom stereocenters. The third kappa shape index (κ3) is 20.2.